The van der Waals surface area contributed by atoms with Crippen molar-refractivity contribution in [3.63, 3.8) is 0 Å². The lowest BCUT2D eigenvalue weighted by Gasteiger charge is -2.07. The first kappa shape index (κ1) is 24.6. The number of carbonyl (C=O) groups excluding carboxylic acids is 2. The Hall–Kier alpha value is -4.77. The van der Waals surface area contributed by atoms with Crippen LogP contribution in [0, 0.1) is 0 Å². The second-order valence-electron chi connectivity index (χ2n) is 9.19. The molecule has 0 radical (unpaired) electrons. The van der Waals surface area contributed by atoms with Gasteiger partial charge in [0.2, 0.25) is 5.91 Å². The van der Waals surface area contributed by atoms with Gasteiger partial charge >= 0.3 is 0 Å². The van der Waals surface area contributed by atoms with Gasteiger partial charge in [-0.3, -0.25) is 29.6 Å². The normalized spacial score (nSPS) is 11.3. The number of imidazole rings is 1. The fraction of sp³-hybridized carbons (Fsp3) is 0.179. The Bertz CT molecular complexity index is 1850. The lowest BCUT2D eigenvalue weighted by Crippen LogP contribution is -2.11. The molecule has 0 aliphatic carbocycles. The summed E-state index contributed by atoms with van der Waals surface area (Å²) >= 11 is 1.42. The van der Waals surface area contributed by atoms with Crippen LogP contribution < -0.4 is 5.32 Å². The molecule has 194 valence electrons. The zero-order chi connectivity index (χ0) is 26.9. The van der Waals surface area contributed by atoms with E-state index >= 15 is 0 Å². The number of rotatable bonds is 8. The number of anilines is 1. The number of pyridine rings is 3. The van der Waals surface area contributed by atoms with Crippen LogP contribution in [0.5, 0.6) is 0 Å². The lowest BCUT2D eigenvalue weighted by atomic mass is 10.1. The van der Waals surface area contributed by atoms with Crippen LogP contribution in [0.4, 0.5) is 5.69 Å². The Kier molecular flexibility index (Phi) is 6.41. The van der Waals surface area contributed by atoms with Gasteiger partial charge in [-0.15, -0.1) is 11.3 Å². The lowest BCUT2D eigenvalue weighted by molar-refractivity contribution is -0.116. The van der Waals surface area contributed by atoms with E-state index in [9.17, 15) is 9.59 Å². The molecule has 11 heteroatoms. The summed E-state index contributed by atoms with van der Waals surface area (Å²) in [4.78, 5) is 47.1. The Labute approximate surface area is 227 Å². The number of hydrogen-bond donors (Lipinski definition) is 3. The topological polar surface area (TPSA) is 142 Å². The molecule has 0 aliphatic rings. The number of aromatic amines is 2. The Morgan fingerprint density at radius 2 is 1.90 bits per heavy atom. The molecular formula is C28H24N8O2S. The molecule has 3 N–H and O–H groups in total. The van der Waals surface area contributed by atoms with E-state index in [-0.39, 0.29) is 11.7 Å². The van der Waals surface area contributed by atoms with Crippen molar-refractivity contribution in [2.45, 2.75) is 33.1 Å². The second kappa shape index (κ2) is 10.2. The van der Waals surface area contributed by atoms with Crippen molar-refractivity contribution in [2.24, 2.45) is 0 Å². The number of fused-ring (bicyclic) bond motifs is 2. The molecule has 0 saturated carbocycles. The molecule has 6 aromatic heterocycles. The van der Waals surface area contributed by atoms with E-state index in [1.807, 2.05) is 24.3 Å². The Balaban J connectivity index is 1.36. The fourth-order valence-corrected chi connectivity index (χ4v) is 5.27. The van der Waals surface area contributed by atoms with E-state index in [1.54, 1.807) is 37.9 Å². The van der Waals surface area contributed by atoms with Gasteiger partial charge in [0.25, 0.3) is 0 Å². The van der Waals surface area contributed by atoms with Crippen molar-refractivity contribution in [2.75, 3.05) is 5.32 Å². The highest BCUT2D eigenvalue weighted by Gasteiger charge is 2.18. The molecule has 0 aliphatic heterocycles. The summed E-state index contributed by atoms with van der Waals surface area (Å²) in [6.45, 7) is 3.61. The number of H-pyrrole nitrogens is 2. The molecule has 0 bridgehead atoms. The summed E-state index contributed by atoms with van der Waals surface area (Å²) in [5, 5.41) is 11.3. The predicted molar refractivity (Wildman–Crippen MR) is 151 cm³/mol. The first-order chi connectivity index (χ1) is 19.0. The van der Waals surface area contributed by atoms with Gasteiger partial charge < -0.3 is 10.3 Å². The molecule has 10 nitrogen and oxygen atoms in total. The van der Waals surface area contributed by atoms with Gasteiger partial charge in [-0.1, -0.05) is 13.3 Å². The van der Waals surface area contributed by atoms with E-state index in [1.165, 1.54) is 11.3 Å². The summed E-state index contributed by atoms with van der Waals surface area (Å²) in [5.41, 5.74) is 5.85. The summed E-state index contributed by atoms with van der Waals surface area (Å²) in [6, 6.07) is 7.53. The predicted octanol–water partition coefficient (Wildman–Crippen LogP) is 6.02. The maximum Gasteiger partial charge on any atom is 0.224 e. The average Bonchev–Trinajstić information content (AvgIpc) is 3.69. The molecule has 39 heavy (non-hydrogen) atoms. The summed E-state index contributed by atoms with van der Waals surface area (Å²) < 4.78 is 0. The van der Waals surface area contributed by atoms with Gasteiger partial charge in [-0.25, -0.2) is 4.98 Å². The number of amides is 1. The third kappa shape index (κ3) is 4.79. The van der Waals surface area contributed by atoms with E-state index in [0.29, 0.717) is 34.2 Å². The summed E-state index contributed by atoms with van der Waals surface area (Å²) in [7, 11) is 0. The number of nitrogens with zero attached hydrogens (tertiary/aromatic N) is 5. The molecule has 0 saturated heterocycles. The van der Waals surface area contributed by atoms with Gasteiger partial charge in [0.1, 0.15) is 11.2 Å². The minimum absolute atomic E-state index is 0.0288. The fourth-order valence-electron chi connectivity index (χ4n) is 4.36. The number of thiophene rings is 1. The molecule has 1 amide bonds. The van der Waals surface area contributed by atoms with Gasteiger partial charge in [0, 0.05) is 40.2 Å². The highest BCUT2D eigenvalue weighted by atomic mass is 32.1. The average molecular weight is 537 g/mol. The molecule has 0 spiro atoms. The van der Waals surface area contributed by atoms with Gasteiger partial charge in [0.15, 0.2) is 11.6 Å². The molecule has 0 unspecified atom stereocenters. The van der Waals surface area contributed by atoms with Crippen molar-refractivity contribution in [3.05, 3.63) is 60.1 Å². The maximum absolute atomic E-state index is 12.2. The molecule has 6 rings (SSSR count). The molecule has 0 atom stereocenters. The second-order valence-corrected chi connectivity index (χ2v) is 10.3. The van der Waals surface area contributed by atoms with Gasteiger partial charge in [0.05, 0.1) is 45.9 Å². The highest BCUT2D eigenvalue weighted by Crippen LogP contribution is 2.35. The van der Waals surface area contributed by atoms with Crippen LogP contribution in [-0.2, 0) is 4.79 Å². The smallest absolute Gasteiger partial charge is 0.224 e. The number of Topliss-reactive ketones (excluding diaryl/α,β-unsaturated/α-hetero) is 1. The minimum Gasteiger partial charge on any atom is -0.335 e. The van der Waals surface area contributed by atoms with E-state index in [2.05, 4.69) is 42.4 Å². The number of carbonyl (C=O) groups is 2. The number of aromatic nitrogens is 7. The Morgan fingerprint density at radius 3 is 2.72 bits per heavy atom. The van der Waals surface area contributed by atoms with E-state index in [4.69, 9.17) is 4.98 Å². The molecule has 0 fully saturated rings. The third-order valence-corrected chi connectivity index (χ3v) is 7.58. The van der Waals surface area contributed by atoms with E-state index < -0.39 is 0 Å². The Morgan fingerprint density at radius 1 is 1.03 bits per heavy atom. The van der Waals surface area contributed by atoms with Crippen LogP contribution in [0.25, 0.3) is 55.2 Å². The van der Waals surface area contributed by atoms with Crippen LogP contribution in [0.2, 0.25) is 0 Å². The van der Waals surface area contributed by atoms with Crippen LogP contribution in [0.15, 0.2) is 55.2 Å². The van der Waals surface area contributed by atoms with Crippen molar-refractivity contribution in [1.29, 1.82) is 0 Å². The zero-order valence-electron chi connectivity index (χ0n) is 21.3. The van der Waals surface area contributed by atoms with Gasteiger partial charge in [-0.05, 0) is 37.6 Å². The van der Waals surface area contributed by atoms with Crippen LogP contribution in [0.1, 0.15) is 42.8 Å². The number of nitrogens with one attached hydrogen (secondary N) is 3. The largest absolute Gasteiger partial charge is 0.335 e. The summed E-state index contributed by atoms with van der Waals surface area (Å²) in [6.07, 6.45) is 10.8. The maximum atomic E-state index is 12.2. The van der Waals surface area contributed by atoms with Crippen molar-refractivity contribution in [1.82, 2.24) is 35.1 Å². The van der Waals surface area contributed by atoms with Gasteiger partial charge in [-0.2, -0.15) is 5.10 Å². The molecular weight excluding hydrogens is 512 g/mol. The third-order valence-electron chi connectivity index (χ3n) is 6.36. The molecule has 6 aromatic rings. The number of hydrogen-bond acceptors (Lipinski definition) is 8. The first-order valence-corrected chi connectivity index (χ1v) is 13.4. The number of ketones is 1. The molecule has 0 aromatic carbocycles. The van der Waals surface area contributed by atoms with Crippen LogP contribution in [-0.4, -0.2) is 46.8 Å². The monoisotopic (exact) mass is 536 g/mol. The zero-order valence-corrected chi connectivity index (χ0v) is 22.1. The van der Waals surface area contributed by atoms with Crippen LogP contribution in [0.3, 0.4) is 0 Å². The first-order valence-electron chi connectivity index (χ1n) is 12.5. The van der Waals surface area contributed by atoms with E-state index in [0.717, 1.165) is 50.8 Å². The number of unbranched alkanes of at least 4 members (excludes halogenated alkanes) is 1. The van der Waals surface area contributed by atoms with Crippen molar-refractivity contribution >= 4 is 50.7 Å². The van der Waals surface area contributed by atoms with Crippen LogP contribution >= 0.6 is 11.3 Å². The standard InChI is InChI=1S/C28H24N8O2S/c1-3-4-5-25(38)32-17-8-16(10-29-11-17)20-9-18-21(14-31-20)35-36-27(18)28-33-22-13-30-12-19(26(22)34-28)24-7-6-23(39-24)15(2)37/h6-14H,3-5H2,1-2H3,(H,32,38)(H,33,34)(H,35,36). The highest BCUT2D eigenvalue weighted by molar-refractivity contribution is 7.17. The SMILES string of the molecule is CCCCC(=O)Nc1cncc(-c2cc3c(-c4nc5c(-c6ccc(C(C)=O)s6)cncc5[nH]4)n[nH]c3cn2)c1. The summed E-state index contributed by atoms with van der Waals surface area (Å²) in [5.74, 6) is 0.581. The van der Waals surface area contributed by atoms with Crippen molar-refractivity contribution in [3.8, 4) is 33.2 Å². The van der Waals surface area contributed by atoms with Crippen molar-refractivity contribution < 1.29 is 9.59 Å². The quantitative estimate of drug-likeness (QED) is 0.202. The minimum atomic E-state index is -0.0323. The molecule has 6 heterocycles.